The summed E-state index contributed by atoms with van der Waals surface area (Å²) < 4.78 is 14.2. The van der Waals surface area contributed by atoms with Gasteiger partial charge < -0.3 is 19.9 Å². The van der Waals surface area contributed by atoms with Crippen molar-refractivity contribution in [2.24, 2.45) is 29.6 Å². The Morgan fingerprint density at radius 3 is 2.74 bits per heavy atom. The van der Waals surface area contributed by atoms with Crippen LogP contribution in [0.5, 0.6) is 0 Å². The van der Waals surface area contributed by atoms with E-state index in [1.807, 2.05) is 23.3 Å². The minimum Gasteiger partial charge on any atom is -0.481 e. The zero-order valence-corrected chi connectivity index (χ0v) is 27.0. The summed E-state index contributed by atoms with van der Waals surface area (Å²) >= 11 is 8.56. The number of ether oxygens (including phenoxy) is 2. The van der Waals surface area contributed by atoms with Crippen LogP contribution in [-0.2, 0) is 33.7 Å². The molecule has 43 heavy (non-hydrogen) atoms. The maximum atomic E-state index is 13.8. The normalized spacial score (nSPS) is 41.1. The first-order valence-corrected chi connectivity index (χ1v) is 18.0. The first-order valence-electron chi connectivity index (χ1n) is 16.5. The van der Waals surface area contributed by atoms with Crippen LogP contribution in [-0.4, -0.2) is 99.0 Å². The summed E-state index contributed by atoms with van der Waals surface area (Å²) in [5, 5.41) is 13.8. The van der Waals surface area contributed by atoms with Crippen LogP contribution < -0.4 is 10.9 Å². The summed E-state index contributed by atoms with van der Waals surface area (Å²) in [5.41, 5.74) is 2.00. The van der Waals surface area contributed by atoms with Crippen molar-refractivity contribution in [3.63, 3.8) is 0 Å². The van der Waals surface area contributed by atoms with Crippen LogP contribution in [0.4, 0.5) is 0 Å². The second-order valence-corrected chi connectivity index (χ2v) is 16.0. The second kappa shape index (κ2) is 12.6. The van der Waals surface area contributed by atoms with Gasteiger partial charge in [0.15, 0.2) is 0 Å². The third kappa shape index (κ3) is 5.94. The van der Waals surface area contributed by atoms with Gasteiger partial charge >= 0.3 is 5.97 Å². The van der Waals surface area contributed by atoms with Crippen LogP contribution in [0.1, 0.15) is 56.1 Å². The summed E-state index contributed by atoms with van der Waals surface area (Å²) in [4.78, 5) is 33.3. The standard InChI is InChI=1S/C32H47ClN4O5S/c1-17-9-24(30-29(34-17)26(16-43-30)32(39)40)23-10-21(33)3-6-28(23)42-8-7-37-18(2)35-27-5-4-22(11-25(27)31(37)38)36-12-19-14-41-15-20(19)13-36/h17,19-24,26,28-30,34H,3-16H2,1-2H3,(H,39,40)/t17?,19?,20?,21?,22-,23?,24?,26?,28?,29?,30?/m0/s1. The summed E-state index contributed by atoms with van der Waals surface area (Å²) in [5.74, 6) is 2.34. The number of alkyl halides is 1. The number of nitrogens with one attached hydrogen (secondary N) is 1. The van der Waals surface area contributed by atoms with Crippen molar-refractivity contribution >= 4 is 29.3 Å². The van der Waals surface area contributed by atoms with E-state index in [9.17, 15) is 14.7 Å². The van der Waals surface area contributed by atoms with Gasteiger partial charge in [0.2, 0.25) is 0 Å². The highest BCUT2D eigenvalue weighted by Gasteiger charge is 2.51. The number of fused-ring (bicyclic) bond motifs is 3. The van der Waals surface area contributed by atoms with Crippen molar-refractivity contribution in [1.82, 2.24) is 19.8 Å². The van der Waals surface area contributed by atoms with E-state index in [4.69, 9.17) is 26.1 Å². The van der Waals surface area contributed by atoms with Crippen molar-refractivity contribution in [1.29, 1.82) is 0 Å². The fourth-order valence-corrected chi connectivity index (χ4v) is 11.5. The van der Waals surface area contributed by atoms with E-state index in [2.05, 4.69) is 17.1 Å². The fourth-order valence-electron chi connectivity index (χ4n) is 9.32. The molecule has 1 aromatic rings. The van der Waals surface area contributed by atoms with E-state index in [0.29, 0.717) is 48.6 Å². The van der Waals surface area contributed by atoms with Gasteiger partial charge in [-0.2, -0.15) is 11.8 Å². The quantitative estimate of drug-likeness (QED) is 0.438. The minimum absolute atomic E-state index is 0.00674. The number of aliphatic carboxylic acids is 1. The number of thioether (sulfide) groups is 1. The molecular formula is C32H47ClN4O5S. The molecule has 11 atom stereocenters. The Labute approximate surface area is 263 Å². The van der Waals surface area contributed by atoms with Crippen LogP contribution in [0.15, 0.2) is 4.79 Å². The average molecular weight is 635 g/mol. The zero-order valence-electron chi connectivity index (χ0n) is 25.5. The maximum Gasteiger partial charge on any atom is 0.308 e. The van der Waals surface area contributed by atoms with Gasteiger partial charge in [-0.05, 0) is 70.6 Å². The number of halogens is 1. The molecule has 5 heterocycles. The largest absolute Gasteiger partial charge is 0.481 e. The zero-order chi connectivity index (χ0) is 29.8. The van der Waals surface area contributed by atoms with Crippen LogP contribution in [0, 0.1) is 36.5 Å². The predicted octanol–water partition coefficient (Wildman–Crippen LogP) is 2.96. The Morgan fingerprint density at radius 1 is 1.19 bits per heavy atom. The molecule has 2 aliphatic carbocycles. The fraction of sp³-hybridized carbons (Fsp3) is 0.844. The number of rotatable bonds is 7. The lowest BCUT2D eigenvalue weighted by molar-refractivity contribution is -0.142. The molecule has 7 rings (SSSR count). The Kier molecular flexibility index (Phi) is 8.90. The molecule has 1 aromatic heterocycles. The van der Waals surface area contributed by atoms with Gasteiger partial charge in [-0.15, -0.1) is 11.6 Å². The minimum atomic E-state index is -0.699. The van der Waals surface area contributed by atoms with E-state index in [-0.39, 0.29) is 40.3 Å². The maximum absolute atomic E-state index is 13.8. The van der Waals surface area contributed by atoms with E-state index in [1.165, 1.54) is 0 Å². The van der Waals surface area contributed by atoms with Gasteiger partial charge in [0.05, 0.1) is 44.1 Å². The number of carboxylic acids is 1. The number of hydrogen-bond acceptors (Lipinski definition) is 8. The van der Waals surface area contributed by atoms with Gasteiger partial charge in [0, 0.05) is 65.0 Å². The van der Waals surface area contributed by atoms with Gasteiger partial charge in [0.1, 0.15) is 5.82 Å². The molecule has 5 fully saturated rings. The van der Waals surface area contributed by atoms with Crippen LogP contribution in [0.25, 0.3) is 0 Å². The number of carboxylic acid groups (broad SMARTS) is 1. The van der Waals surface area contributed by atoms with Crippen LogP contribution >= 0.6 is 23.4 Å². The van der Waals surface area contributed by atoms with Crippen molar-refractivity contribution < 1.29 is 19.4 Å². The van der Waals surface area contributed by atoms with E-state index >= 15 is 0 Å². The lowest BCUT2D eigenvalue weighted by Gasteiger charge is -2.47. The van der Waals surface area contributed by atoms with Crippen molar-refractivity contribution in [3.8, 4) is 0 Å². The molecule has 0 aromatic carbocycles. The van der Waals surface area contributed by atoms with E-state index in [1.54, 1.807) is 0 Å². The van der Waals surface area contributed by atoms with Crippen molar-refractivity contribution in [3.05, 3.63) is 27.4 Å². The summed E-state index contributed by atoms with van der Waals surface area (Å²) in [6, 6.07) is 0.674. The average Bonchev–Trinajstić information content (AvgIpc) is 3.70. The SMILES string of the molecule is Cc1nc2c(c(=O)n1CCOC1CCC(Cl)CC1C1CC(C)NC3C(C(=O)O)CSC13)C[C@@H](N1CC3COCC3C1)CC2. The molecule has 2 N–H and O–H groups in total. The molecule has 238 valence electrons. The molecule has 0 radical (unpaired) electrons. The molecule has 1 saturated carbocycles. The Hall–Kier alpha value is -1.17. The van der Waals surface area contributed by atoms with Crippen molar-refractivity contribution in [2.45, 2.75) is 100 Å². The highest BCUT2D eigenvalue weighted by Crippen LogP contribution is 2.48. The number of likely N-dealkylation sites (tertiary alicyclic amines) is 1. The van der Waals surface area contributed by atoms with E-state index in [0.717, 1.165) is 88.3 Å². The molecular weight excluding hydrogens is 588 g/mol. The molecule has 4 saturated heterocycles. The second-order valence-electron chi connectivity index (χ2n) is 14.2. The van der Waals surface area contributed by atoms with Crippen LogP contribution in [0.3, 0.4) is 0 Å². The third-order valence-corrected chi connectivity index (χ3v) is 13.5. The highest BCUT2D eigenvalue weighted by molar-refractivity contribution is 8.00. The highest BCUT2D eigenvalue weighted by atomic mass is 35.5. The predicted molar refractivity (Wildman–Crippen MR) is 167 cm³/mol. The number of aryl methyl sites for hydroxylation is 2. The first-order chi connectivity index (χ1) is 20.8. The monoisotopic (exact) mass is 634 g/mol. The molecule has 0 spiro atoms. The Bertz CT molecular complexity index is 1250. The number of nitrogens with zero attached hydrogens (tertiary/aromatic N) is 3. The summed E-state index contributed by atoms with van der Waals surface area (Å²) in [6.45, 7) is 9.02. The molecule has 0 bridgehead atoms. The van der Waals surface area contributed by atoms with Gasteiger partial charge in [-0.25, -0.2) is 4.98 Å². The number of aromatic nitrogens is 2. The molecule has 10 unspecified atom stereocenters. The molecule has 11 heteroatoms. The van der Waals surface area contributed by atoms with Crippen LogP contribution in [0.2, 0.25) is 0 Å². The third-order valence-electron chi connectivity index (χ3n) is 11.5. The smallest absolute Gasteiger partial charge is 0.308 e. The molecule has 4 aliphatic heterocycles. The molecule has 0 amide bonds. The number of piperidine rings is 1. The number of carbonyl (C=O) groups is 1. The first kappa shape index (κ1) is 30.5. The lowest BCUT2D eigenvalue weighted by atomic mass is 9.70. The summed E-state index contributed by atoms with van der Waals surface area (Å²) in [7, 11) is 0. The molecule has 9 nitrogen and oxygen atoms in total. The summed E-state index contributed by atoms with van der Waals surface area (Å²) in [6.07, 6.45) is 6.53. The topological polar surface area (TPSA) is 106 Å². The van der Waals surface area contributed by atoms with Gasteiger partial charge in [-0.1, -0.05) is 0 Å². The Morgan fingerprint density at radius 2 is 1.98 bits per heavy atom. The van der Waals surface area contributed by atoms with Gasteiger partial charge in [0.25, 0.3) is 5.56 Å². The Balaban J connectivity index is 1.02. The van der Waals surface area contributed by atoms with Crippen molar-refractivity contribution in [2.75, 3.05) is 38.7 Å². The molecule has 6 aliphatic rings. The van der Waals surface area contributed by atoms with Gasteiger partial charge in [-0.3, -0.25) is 19.1 Å². The number of hydrogen-bond donors (Lipinski definition) is 2. The van der Waals surface area contributed by atoms with E-state index < -0.39 is 5.97 Å². The lowest BCUT2D eigenvalue weighted by Crippen LogP contribution is -2.57.